The van der Waals surface area contributed by atoms with Gasteiger partial charge in [0.25, 0.3) is 0 Å². The van der Waals surface area contributed by atoms with Crippen LogP contribution in [0.4, 0.5) is 0 Å². The van der Waals surface area contributed by atoms with Crippen molar-refractivity contribution in [3.05, 3.63) is 34.3 Å². The van der Waals surface area contributed by atoms with Crippen molar-refractivity contribution in [2.45, 2.75) is 20.0 Å². The van der Waals surface area contributed by atoms with Gasteiger partial charge in [-0.3, -0.25) is 4.79 Å². The second kappa shape index (κ2) is 8.30. The van der Waals surface area contributed by atoms with Gasteiger partial charge < -0.3 is 15.3 Å². The molecule has 1 atom stereocenters. The van der Waals surface area contributed by atoms with Gasteiger partial charge in [0.2, 0.25) is 5.91 Å². The average Bonchev–Trinajstić information content (AvgIpc) is 2.40. The fourth-order valence-electron chi connectivity index (χ4n) is 1.84. The molecule has 0 heterocycles. The van der Waals surface area contributed by atoms with E-state index in [1.54, 1.807) is 4.90 Å². The van der Waals surface area contributed by atoms with E-state index in [9.17, 15) is 9.90 Å². The minimum atomic E-state index is -0.609. The molecule has 1 amide bonds. The van der Waals surface area contributed by atoms with Crippen molar-refractivity contribution in [1.29, 1.82) is 0 Å². The monoisotopic (exact) mass is 328 g/mol. The summed E-state index contributed by atoms with van der Waals surface area (Å²) in [6, 6.07) is 7.53. The number of carbonyl (C=O) groups excluding carboxylic acids is 1. The third-order valence-electron chi connectivity index (χ3n) is 2.96. The maximum Gasteiger partial charge on any atom is 0.236 e. The smallest absolute Gasteiger partial charge is 0.236 e. The number of rotatable bonds is 7. The maximum absolute atomic E-state index is 11.8. The van der Waals surface area contributed by atoms with Crippen LogP contribution in [0.1, 0.15) is 25.5 Å². The van der Waals surface area contributed by atoms with Crippen LogP contribution < -0.4 is 5.32 Å². The van der Waals surface area contributed by atoms with Crippen LogP contribution in [0.2, 0.25) is 0 Å². The van der Waals surface area contributed by atoms with Gasteiger partial charge >= 0.3 is 0 Å². The van der Waals surface area contributed by atoms with Crippen LogP contribution in [0.25, 0.3) is 0 Å². The number of aliphatic hydroxyl groups excluding tert-OH is 1. The molecule has 0 radical (unpaired) electrons. The van der Waals surface area contributed by atoms with Crippen LogP contribution in [0.15, 0.2) is 28.7 Å². The highest BCUT2D eigenvalue weighted by Gasteiger charge is 2.11. The summed E-state index contributed by atoms with van der Waals surface area (Å²) < 4.78 is 0.934. The lowest BCUT2D eigenvalue weighted by Crippen LogP contribution is -2.39. The Morgan fingerprint density at radius 3 is 2.68 bits per heavy atom. The Bertz CT molecular complexity index is 408. The third kappa shape index (κ3) is 5.30. The molecule has 1 aromatic carbocycles. The molecule has 0 spiro atoms. The van der Waals surface area contributed by atoms with E-state index in [4.69, 9.17) is 0 Å². The lowest BCUT2D eigenvalue weighted by atomic mass is 10.1. The number of nitrogens with zero attached hydrogens (tertiary/aromatic N) is 1. The standard InChI is InChI=1S/C14H21BrN2O2/c1-3-17(4-2)14(19)10-16-9-13(18)11-6-5-7-12(15)8-11/h5-8,13,16,18H,3-4,9-10H2,1-2H3. The van der Waals surface area contributed by atoms with E-state index in [0.717, 1.165) is 10.0 Å². The number of halogens is 1. The normalized spacial score (nSPS) is 12.2. The summed E-state index contributed by atoms with van der Waals surface area (Å²) in [5.74, 6) is 0.0615. The molecule has 1 unspecified atom stereocenters. The Labute approximate surface area is 122 Å². The molecule has 0 fully saturated rings. The van der Waals surface area contributed by atoms with Gasteiger partial charge in [-0.25, -0.2) is 0 Å². The van der Waals surface area contributed by atoms with E-state index in [-0.39, 0.29) is 12.5 Å². The Morgan fingerprint density at radius 2 is 2.11 bits per heavy atom. The van der Waals surface area contributed by atoms with Gasteiger partial charge in [-0.2, -0.15) is 0 Å². The zero-order valence-corrected chi connectivity index (χ0v) is 13.0. The van der Waals surface area contributed by atoms with Crippen LogP contribution in [0, 0.1) is 0 Å². The number of amides is 1. The lowest BCUT2D eigenvalue weighted by molar-refractivity contribution is -0.129. The van der Waals surface area contributed by atoms with Crippen molar-refractivity contribution < 1.29 is 9.90 Å². The summed E-state index contributed by atoms with van der Waals surface area (Å²) in [6.45, 7) is 5.96. The molecule has 1 rings (SSSR count). The van der Waals surface area contributed by atoms with Crippen molar-refractivity contribution in [2.75, 3.05) is 26.2 Å². The number of aliphatic hydroxyl groups is 1. The minimum absolute atomic E-state index is 0.0615. The Morgan fingerprint density at radius 1 is 1.42 bits per heavy atom. The predicted octanol–water partition coefficient (Wildman–Crippen LogP) is 1.94. The van der Waals surface area contributed by atoms with E-state index >= 15 is 0 Å². The Kier molecular flexibility index (Phi) is 7.05. The molecule has 0 bridgehead atoms. The summed E-state index contributed by atoms with van der Waals surface area (Å²) in [4.78, 5) is 13.5. The zero-order valence-electron chi connectivity index (χ0n) is 11.4. The highest BCUT2D eigenvalue weighted by molar-refractivity contribution is 9.10. The van der Waals surface area contributed by atoms with Crippen molar-refractivity contribution >= 4 is 21.8 Å². The Balaban J connectivity index is 2.39. The van der Waals surface area contributed by atoms with Crippen LogP contribution in [-0.4, -0.2) is 42.1 Å². The molecule has 2 N–H and O–H groups in total. The summed E-state index contributed by atoms with van der Waals surface area (Å²) in [7, 11) is 0. The lowest BCUT2D eigenvalue weighted by Gasteiger charge is -2.19. The Hall–Kier alpha value is -0.910. The van der Waals surface area contributed by atoms with Gasteiger partial charge in [-0.1, -0.05) is 28.1 Å². The van der Waals surface area contributed by atoms with Crippen LogP contribution in [0.3, 0.4) is 0 Å². The quantitative estimate of drug-likeness (QED) is 0.804. The summed E-state index contributed by atoms with van der Waals surface area (Å²) >= 11 is 3.37. The third-order valence-corrected chi connectivity index (χ3v) is 3.46. The van der Waals surface area contributed by atoms with Gasteiger partial charge in [0.05, 0.1) is 12.6 Å². The van der Waals surface area contributed by atoms with Crippen LogP contribution in [0.5, 0.6) is 0 Å². The fraction of sp³-hybridized carbons (Fsp3) is 0.500. The van der Waals surface area contributed by atoms with Crippen molar-refractivity contribution in [3.63, 3.8) is 0 Å². The first-order valence-corrected chi connectivity index (χ1v) is 7.29. The molecule has 1 aromatic rings. The molecule has 106 valence electrons. The van der Waals surface area contributed by atoms with Crippen molar-refractivity contribution in [2.24, 2.45) is 0 Å². The molecule has 4 nitrogen and oxygen atoms in total. The van der Waals surface area contributed by atoms with Gasteiger partial charge in [-0.15, -0.1) is 0 Å². The molecule has 0 aliphatic heterocycles. The highest BCUT2D eigenvalue weighted by atomic mass is 79.9. The van der Waals surface area contributed by atoms with E-state index in [1.807, 2.05) is 38.1 Å². The number of nitrogens with one attached hydrogen (secondary N) is 1. The molecule has 19 heavy (non-hydrogen) atoms. The molecule has 0 saturated heterocycles. The van der Waals surface area contributed by atoms with Gasteiger partial charge in [0.15, 0.2) is 0 Å². The second-order valence-electron chi connectivity index (χ2n) is 4.27. The highest BCUT2D eigenvalue weighted by Crippen LogP contribution is 2.17. The van der Waals surface area contributed by atoms with Gasteiger partial charge in [0.1, 0.15) is 0 Å². The summed E-state index contributed by atoms with van der Waals surface area (Å²) in [5.41, 5.74) is 0.831. The van der Waals surface area contributed by atoms with Crippen LogP contribution >= 0.6 is 15.9 Å². The number of hydrogen-bond acceptors (Lipinski definition) is 3. The second-order valence-corrected chi connectivity index (χ2v) is 5.18. The first-order chi connectivity index (χ1) is 9.08. The average molecular weight is 329 g/mol. The first kappa shape index (κ1) is 16.1. The minimum Gasteiger partial charge on any atom is -0.387 e. The molecular weight excluding hydrogens is 308 g/mol. The molecule has 0 aromatic heterocycles. The van der Waals surface area contributed by atoms with Gasteiger partial charge in [0, 0.05) is 24.1 Å². The van der Waals surface area contributed by atoms with E-state index in [1.165, 1.54) is 0 Å². The largest absolute Gasteiger partial charge is 0.387 e. The molecule has 0 aliphatic carbocycles. The van der Waals surface area contributed by atoms with E-state index in [0.29, 0.717) is 19.6 Å². The van der Waals surface area contributed by atoms with Gasteiger partial charge in [-0.05, 0) is 31.5 Å². The maximum atomic E-state index is 11.8. The zero-order chi connectivity index (χ0) is 14.3. The summed E-state index contributed by atoms with van der Waals surface area (Å²) in [5, 5.41) is 13.0. The topological polar surface area (TPSA) is 52.6 Å². The molecule has 0 aliphatic rings. The number of benzene rings is 1. The van der Waals surface area contributed by atoms with E-state index in [2.05, 4.69) is 21.2 Å². The number of carbonyl (C=O) groups is 1. The van der Waals surface area contributed by atoms with Crippen molar-refractivity contribution in [3.8, 4) is 0 Å². The first-order valence-electron chi connectivity index (χ1n) is 6.50. The van der Waals surface area contributed by atoms with Crippen LogP contribution in [-0.2, 0) is 4.79 Å². The number of hydrogen-bond donors (Lipinski definition) is 2. The molecule has 5 heteroatoms. The fourth-order valence-corrected chi connectivity index (χ4v) is 2.25. The molecular formula is C14H21BrN2O2. The molecule has 0 saturated carbocycles. The summed E-state index contributed by atoms with van der Waals surface area (Å²) in [6.07, 6.45) is -0.609. The SMILES string of the molecule is CCN(CC)C(=O)CNCC(O)c1cccc(Br)c1. The van der Waals surface area contributed by atoms with Crippen molar-refractivity contribution in [1.82, 2.24) is 10.2 Å². The predicted molar refractivity (Wildman–Crippen MR) is 79.9 cm³/mol. The van der Waals surface area contributed by atoms with E-state index < -0.39 is 6.10 Å². The number of likely N-dealkylation sites (N-methyl/N-ethyl adjacent to an activating group) is 1.